The number of nitrogens with zero attached hydrogens (tertiary/aromatic N) is 4. The minimum absolute atomic E-state index is 0.549. The zero-order valence-electron chi connectivity index (χ0n) is 11.2. The van der Waals surface area contributed by atoms with Gasteiger partial charge in [0.25, 0.3) is 0 Å². The molecular formula is C14H15N5O. The summed E-state index contributed by atoms with van der Waals surface area (Å²) in [7, 11) is 1.88. The number of nitrogens with one attached hydrogen (secondary N) is 1. The van der Waals surface area contributed by atoms with E-state index in [-0.39, 0.29) is 0 Å². The predicted molar refractivity (Wildman–Crippen MR) is 73.8 cm³/mol. The van der Waals surface area contributed by atoms with Crippen LogP contribution in [0.1, 0.15) is 11.4 Å². The van der Waals surface area contributed by atoms with Gasteiger partial charge in [0, 0.05) is 12.1 Å². The minimum atomic E-state index is 0.549. The van der Waals surface area contributed by atoms with Crippen molar-refractivity contribution < 1.29 is 4.42 Å². The van der Waals surface area contributed by atoms with Gasteiger partial charge in [0.15, 0.2) is 0 Å². The first-order chi connectivity index (χ1) is 9.85. The lowest BCUT2D eigenvalue weighted by molar-refractivity contribution is 0.568. The van der Waals surface area contributed by atoms with Crippen LogP contribution in [0.4, 0.5) is 0 Å². The number of aromatic nitrogens is 4. The van der Waals surface area contributed by atoms with Gasteiger partial charge >= 0.3 is 0 Å². The van der Waals surface area contributed by atoms with Gasteiger partial charge in [0.2, 0.25) is 5.89 Å². The second kappa shape index (κ2) is 5.66. The summed E-state index contributed by atoms with van der Waals surface area (Å²) in [5, 5.41) is 11.2. The lowest BCUT2D eigenvalue weighted by Gasteiger charge is -1.95. The van der Waals surface area contributed by atoms with Gasteiger partial charge in [-0.25, -0.2) is 9.67 Å². The zero-order chi connectivity index (χ0) is 13.8. The molecule has 0 aliphatic rings. The Morgan fingerprint density at radius 1 is 1.20 bits per heavy atom. The molecule has 0 spiro atoms. The summed E-state index contributed by atoms with van der Waals surface area (Å²) in [5.41, 5.74) is 2.69. The van der Waals surface area contributed by atoms with Crippen molar-refractivity contribution in [1.29, 1.82) is 0 Å². The van der Waals surface area contributed by atoms with E-state index in [2.05, 4.69) is 20.6 Å². The molecule has 20 heavy (non-hydrogen) atoms. The molecule has 0 bridgehead atoms. The molecule has 102 valence electrons. The maximum Gasteiger partial charge on any atom is 0.226 e. The molecule has 3 rings (SSSR count). The van der Waals surface area contributed by atoms with Crippen LogP contribution < -0.4 is 5.32 Å². The molecule has 0 unspecified atom stereocenters. The van der Waals surface area contributed by atoms with Crippen molar-refractivity contribution >= 4 is 0 Å². The monoisotopic (exact) mass is 269 g/mol. The topological polar surface area (TPSA) is 68.8 Å². The normalized spacial score (nSPS) is 10.8. The van der Waals surface area contributed by atoms with Crippen molar-refractivity contribution in [2.24, 2.45) is 0 Å². The third-order valence-electron chi connectivity index (χ3n) is 2.84. The fraction of sp³-hybridized carbons (Fsp3) is 0.214. The van der Waals surface area contributed by atoms with E-state index in [9.17, 15) is 0 Å². The number of rotatable bonds is 5. The molecule has 0 aliphatic carbocycles. The highest BCUT2D eigenvalue weighted by atomic mass is 16.3. The fourth-order valence-electron chi connectivity index (χ4n) is 1.94. The molecule has 6 nitrogen and oxygen atoms in total. The predicted octanol–water partition coefficient (Wildman–Crippen LogP) is 1.70. The smallest absolute Gasteiger partial charge is 0.226 e. The van der Waals surface area contributed by atoms with Crippen molar-refractivity contribution in [3.63, 3.8) is 0 Å². The van der Waals surface area contributed by atoms with E-state index in [0.29, 0.717) is 19.0 Å². The second-order valence-corrected chi connectivity index (χ2v) is 4.45. The molecule has 0 saturated carbocycles. The summed E-state index contributed by atoms with van der Waals surface area (Å²) >= 11 is 0. The molecule has 0 fully saturated rings. The Bertz CT molecular complexity index is 674. The largest absolute Gasteiger partial charge is 0.444 e. The van der Waals surface area contributed by atoms with E-state index >= 15 is 0 Å². The third-order valence-corrected chi connectivity index (χ3v) is 2.84. The maximum absolute atomic E-state index is 5.49. The molecule has 0 amide bonds. The summed E-state index contributed by atoms with van der Waals surface area (Å²) in [4.78, 5) is 4.46. The van der Waals surface area contributed by atoms with Gasteiger partial charge in [-0.05, 0) is 19.2 Å². The number of hydrogen-bond acceptors (Lipinski definition) is 5. The summed E-state index contributed by atoms with van der Waals surface area (Å²) in [6.45, 7) is 1.25. The summed E-state index contributed by atoms with van der Waals surface area (Å²) in [6.07, 6.45) is 3.55. The van der Waals surface area contributed by atoms with Crippen LogP contribution in [0.15, 0.2) is 47.2 Å². The van der Waals surface area contributed by atoms with Gasteiger partial charge in [-0.2, -0.15) is 0 Å². The second-order valence-electron chi connectivity index (χ2n) is 4.45. The van der Waals surface area contributed by atoms with Gasteiger partial charge in [-0.3, -0.25) is 0 Å². The van der Waals surface area contributed by atoms with Gasteiger partial charge < -0.3 is 9.73 Å². The van der Waals surface area contributed by atoms with Crippen LogP contribution in [0.25, 0.3) is 11.5 Å². The third kappa shape index (κ3) is 2.75. The van der Waals surface area contributed by atoms with Crippen molar-refractivity contribution in [3.8, 4) is 11.5 Å². The first-order valence-corrected chi connectivity index (χ1v) is 6.38. The average molecular weight is 269 g/mol. The molecule has 1 aromatic carbocycles. The Morgan fingerprint density at radius 2 is 2.05 bits per heavy atom. The Labute approximate surface area is 116 Å². The van der Waals surface area contributed by atoms with Crippen molar-refractivity contribution in [2.45, 2.75) is 13.1 Å². The van der Waals surface area contributed by atoms with E-state index in [4.69, 9.17) is 4.42 Å². The number of hydrogen-bond donors (Lipinski definition) is 1. The van der Waals surface area contributed by atoms with Gasteiger partial charge in [-0.1, -0.05) is 23.4 Å². The molecule has 2 heterocycles. The highest BCUT2D eigenvalue weighted by molar-refractivity contribution is 5.52. The van der Waals surface area contributed by atoms with Crippen molar-refractivity contribution in [3.05, 3.63) is 54.2 Å². The van der Waals surface area contributed by atoms with Crippen LogP contribution in [0, 0.1) is 0 Å². The van der Waals surface area contributed by atoms with Crippen molar-refractivity contribution in [1.82, 2.24) is 25.3 Å². The summed E-state index contributed by atoms with van der Waals surface area (Å²) in [5.74, 6) is 0.621. The molecule has 0 saturated heterocycles. The highest BCUT2D eigenvalue weighted by Crippen LogP contribution is 2.18. The van der Waals surface area contributed by atoms with E-state index < -0.39 is 0 Å². The van der Waals surface area contributed by atoms with Gasteiger partial charge in [0.05, 0.1) is 18.4 Å². The quantitative estimate of drug-likeness (QED) is 0.763. The van der Waals surface area contributed by atoms with E-state index in [0.717, 1.165) is 17.0 Å². The van der Waals surface area contributed by atoms with Gasteiger partial charge in [0.1, 0.15) is 12.0 Å². The van der Waals surface area contributed by atoms with E-state index in [1.165, 1.54) is 0 Å². The number of oxazole rings is 1. The molecule has 0 aliphatic heterocycles. The molecular weight excluding hydrogens is 254 g/mol. The first kappa shape index (κ1) is 12.6. The molecule has 3 aromatic rings. The molecule has 2 aromatic heterocycles. The lowest BCUT2D eigenvalue weighted by Crippen LogP contribution is -2.05. The first-order valence-electron chi connectivity index (χ1n) is 6.38. The lowest BCUT2D eigenvalue weighted by atomic mass is 10.2. The zero-order valence-corrected chi connectivity index (χ0v) is 11.2. The Hall–Kier alpha value is -2.47. The van der Waals surface area contributed by atoms with Gasteiger partial charge in [-0.15, -0.1) is 5.10 Å². The Morgan fingerprint density at radius 3 is 2.85 bits per heavy atom. The van der Waals surface area contributed by atoms with Crippen molar-refractivity contribution in [2.75, 3.05) is 7.05 Å². The number of benzene rings is 1. The van der Waals surface area contributed by atoms with Crippen LogP contribution in [0.3, 0.4) is 0 Å². The molecule has 1 N–H and O–H groups in total. The van der Waals surface area contributed by atoms with E-state index in [1.54, 1.807) is 10.9 Å². The minimum Gasteiger partial charge on any atom is -0.444 e. The van der Waals surface area contributed by atoms with Crippen LogP contribution >= 0.6 is 0 Å². The van der Waals surface area contributed by atoms with Crippen LogP contribution in [-0.4, -0.2) is 27.0 Å². The Kier molecular flexibility index (Phi) is 3.56. The maximum atomic E-state index is 5.49. The van der Waals surface area contributed by atoms with E-state index in [1.807, 2.05) is 43.6 Å². The molecule has 0 radical (unpaired) electrons. The summed E-state index contributed by atoms with van der Waals surface area (Å²) < 4.78 is 7.24. The highest BCUT2D eigenvalue weighted by Gasteiger charge is 2.08. The SMILES string of the molecule is CNCc1cn(Cc2coc(-c3ccccc3)n2)nn1. The fourth-order valence-corrected chi connectivity index (χ4v) is 1.94. The van der Waals surface area contributed by atoms with Crippen LogP contribution in [0.2, 0.25) is 0 Å². The average Bonchev–Trinajstić information content (AvgIpc) is 3.11. The van der Waals surface area contributed by atoms with Crippen LogP contribution in [0.5, 0.6) is 0 Å². The molecule has 0 atom stereocenters. The molecule has 6 heteroatoms. The van der Waals surface area contributed by atoms with Crippen LogP contribution in [-0.2, 0) is 13.1 Å². The standard InChI is InChI=1S/C14H15N5O/c1-15-7-12-8-19(18-17-12)9-13-10-20-14(16-13)11-5-3-2-4-6-11/h2-6,8,10,15H,7,9H2,1H3. The summed E-state index contributed by atoms with van der Waals surface area (Å²) in [6, 6.07) is 9.82. The Balaban J connectivity index is 1.73.